The topological polar surface area (TPSA) is 84.3 Å². The van der Waals surface area contributed by atoms with E-state index in [0.29, 0.717) is 17.6 Å². The summed E-state index contributed by atoms with van der Waals surface area (Å²) in [5, 5.41) is 7.96. The molecule has 0 aromatic carbocycles. The van der Waals surface area contributed by atoms with Crippen LogP contribution in [-0.2, 0) is 13.1 Å². The highest BCUT2D eigenvalue weighted by atomic mass is 16.5. The molecule has 0 amide bonds. The minimum absolute atomic E-state index is 0.522. The zero-order valence-corrected chi connectivity index (χ0v) is 13.4. The molecule has 1 saturated carbocycles. The van der Waals surface area contributed by atoms with Gasteiger partial charge in [-0.25, -0.2) is 0 Å². The van der Waals surface area contributed by atoms with Gasteiger partial charge in [0.05, 0.1) is 13.1 Å². The molecule has 2 aromatic heterocycles. The zero-order valence-electron chi connectivity index (χ0n) is 13.4. The summed E-state index contributed by atoms with van der Waals surface area (Å²) in [6.45, 7) is 7.39. The molecular formula is C15H22N6O2. The van der Waals surface area contributed by atoms with E-state index in [1.807, 2.05) is 6.92 Å². The molecule has 0 atom stereocenters. The third kappa shape index (κ3) is 3.76. The minimum Gasteiger partial charge on any atom is -0.339 e. The van der Waals surface area contributed by atoms with Gasteiger partial charge >= 0.3 is 0 Å². The van der Waals surface area contributed by atoms with Crippen molar-refractivity contribution >= 4 is 0 Å². The molecule has 23 heavy (non-hydrogen) atoms. The van der Waals surface area contributed by atoms with Crippen LogP contribution in [0.1, 0.15) is 48.6 Å². The summed E-state index contributed by atoms with van der Waals surface area (Å²) < 4.78 is 10.6. The molecule has 1 aliphatic carbocycles. The lowest BCUT2D eigenvalue weighted by atomic mass is 10.3. The van der Waals surface area contributed by atoms with Crippen molar-refractivity contribution in [3.05, 3.63) is 23.4 Å². The van der Waals surface area contributed by atoms with Crippen molar-refractivity contribution < 1.29 is 9.05 Å². The standard InChI is InChI=1S/C15H22N6O2/c1-11-16-14(22-18-11)10-21-6-2-5-20(7-8-21)9-13-17-15(23-19-13)12-3-4-12/h12H,2-10H2,1H3. The molecule has 2 aromatic rings. The number of hydrogen-bond donors (Lipinski definition) is 0. The van der Waals surface area contributed by atoms with Crippen LogP contribution in [0.15, 0.2) is 9.05 Å². The SMILES string of the molecule is Cc1noc(CN2CCCN(Cc3noc(C4CC4)n3)CC2)n1. The van der Waals surface area contributed by atoms with E-state index in [9.17, 15) is 0 Å². The van der Waals surface area contributed by atoms with Crippen LogP contribution < -0.4 is 0 Å². The molecule has 8 heteroatoms. The van der Waals surface area contributed by atoms with E-state index < -0.39 is 0 Å². The van der Waals surface area contributed by atoms with Crippen LogP contribution in [0.5, 0.6) is 0 Å². The molecule has 3 heterocycles. The molecule has 2 fully saturated rings. The van der Waals surface area contributed by atoms with Gasteiger partial charge in [-0.05, 0) is 39.3 Å². The number of nitrogens with zero attached hydrogens (tertiary/aromatic N) is 6. The van der Waals surface area contributed by atoms with Crippen molar-refractivity contribution in [2.75, 3.05) is 26.2 Å². The van der Waals surface area contributed by atoms with Crippen LogP contribution in [0.4, 0.5) is 0 Å². The summed E-state index contributed by atoms with van der Waals surface area (Å²) in [6, 6.07) is 0. The second-order valence-electron chi connectivity index (χ2n) is 6.46. The van der Waals surface area contributed by atoms with Crippen molar-refractivity contribution in [1.29, 1.82) is 0 Å². The predicted molar refractivity (Wildman–Crippen MR) is 80.5 cm³/mol. The van der Waals surface area contributed by atoms with Gasteiger partial charge in [0.2, 0.25) is 11.8 Å². The molecule has 0 bridgehead atoms. The van der Waals surface area contributed by atoms with E-state index in [-0.39, 0.29) is 0 Å². The molecule has 0 radical (unpaired) electrons. The lowest BCUT2D eigenvalue weighted by Gasteiger charge is -2.19. The van der Waals surface area contributed by atoms with Crippen LogP contribution >= 0.6 is 0 Å². The first-order valence-electron chi connectivity index (χ1n) is 8.32. The number of aryl methyl sites for hydroxylation is 1. The molecule has 4 rings (SSSR count). The first kappa shape index (κ1) is 14.8. The van der Waals surface area contributed by atoms with Crippen LogP contribution in [0.25, 0.3) is 0 Å². The lowest BCUT2D eigenvalue weighted by molar-refractivity contribution is 0.219. The average molecular weight is 318 g/mol. The zero-order chi connectivity index (χ0) is 15.6. The third-order valence-corrected chi connectivity index (χ3v) is 4.39. The normalized spacial score (nSPS) is 20.7. The van der Waals surface area contributed by atoms with Crippen LogP contribution in [0.3, 0.4) is 0 Å². The number of hydrogen-bond acceptors (Lipinski definition) is 8. The van der Waals surface area contributed by atoms with Crippen LogP contribution in [-0.4, -0.2) is 56.3 Å². The van der Waals surface area contributed by atoms with Gasteiger partial charge in [-0.3, -0.25) is 9.80 Å². The van der Waals surface area contributed by atoms with Gasteiger partial charge in [0.15, 0.2) is 11.6 Å². The van der Waals surface area contributed by atoms with E-state index in [1.165, 1.54) is 12.8 Å². The van der Waals surface area contributed by atoms with Crippen molar-refractivity contribution in [2.45, 2.75) is 45.2 Å². The van der Waals surface area contributed by atoms with Crippen molar-refractivity contribution in [3.63, 3.8) is 0 Å². The molecule has 124 valence electrons. The Labute approximate surface area is 134 Å². The van der Waals surface area contributed by atoms with Gasteiger partial charge < -0.3 is 9.05 Å². The Kier molecular flexibility index (Phi) is 4.09. The summed E-state index contributed by atoms with van der Waals surface area (Å²) in [5.41, 5.74) is 0. The monoisotopic (exact) mass is 318 g/mol. The van der Waals surface area contributed by atoms with Crippen molar-refractivity contribution in [3.8, 4) is 0 Å². The number of aromatic nitrogens is 4. The summed E-state index contributed by atoms with van der Waals surface area (Å²) in [6.07, 6.45) is 3.49. The van der Waals surface area contributed by atoms with Crippen LogP contribution in [0, 0.1) is 6.92 Å². The van der Waals surface area contributed by atoms with Gasteiger partial charge in [0, 0.05) is 19.0 Å². The fraction of sp³-hybridized carbons (Fsp3) is 0.733. The molecule has 2 aliphatic rings. The molecule has 0 unspecified atom stereocenters. The Morgan fingerprint density at radius 3 is 2.43 bits per heavy atom. The summed E-state index contributed by atoms with van der Waals surface area (Å²) >= 11 is 0. The van der Waals surface area contributed by atoms with Gasteiger partial charge in [-0.2, -0.15) is 9.97 Å². The Morgan fingerprint density at radius 1 is 0.957 bits per heavy atom. The summed E-state index contributed by atoms with van der Waals surface area (Å²) in [4.78, 5) is 13.6. The van der Waals surface area contributed by atoms with Crippen molar-refractivity contribution in [1.82, 2.24) is 30.1 Å². The van der Waals surface area contributed by atoms with E-state index in [4.69, 9.17) is 9.05 Å². The fourth-order valence-corrected chi connectivity index (χ4v) is 2.96. The molecule has 1 saturated heterocycles. The van der Waals surface area contributed by atoms with Gasteiger partial charge in [0.1, 0.15) is 0 Å². The van der Waals surface area contributed by atoms with Gasteiger partial charge in [-0.1, -0.05) is 10.3 Å². The van der Waals surface area contributed by atoms with Gasteiger partial charge in [-0.15, -0.1) is 0 Å². The van der Waals surface area contributed by atoms with E-state index in [2.05, 4.69) is 30.1 Å². The Bertz CT molecular complexity index is 650. The summed E-state index contributed by atoms with van der Waals surface area (Å²) in [5.74, 6) is 3.55. The predicted octanol–water partition coefficient (Wildman–Crippen LogP) is 1.35. The minimum atomic E-state index is 0.522. The highest BCUT2D eigenvalue weighted by molar-refractivity contribution is 5.01. The molecule has 1 aliphatic heterocycles. The smallest absolute Gasteiger partial charge is 0.240 e. The van der Waals surface area contributed by atoms with E-state index in [0.717, 1.165) is 57.4 Å². The molecule has 0 N–H and O–H groups in total. The maximum absolute atomic E-state index is 5.34. The fourth-order valence-electron chi connectivity index (χ4n) is 2.96. The van der Waals surface area contributed by atoms with Crippen molar-refractivity contribution in [2.24, 2.45) is 0 Å². The maximum Gasteiger partial charge on any atom is 0.240 e. The highest BCUT2D eigenvalue weighted by Crippen LogP contribution is 2.38. The Hall–Kier alpha value is -1.80. The average Bonchev–Trinajstić information content (AvgIpc) is 3.21. The van der Waals surface area contributed by atoms with E-state index in [1.54, 1.807) is 0 Å². The van der Waals surface area contributed by atoms with E-state index >= 15 is 0 Å². The Balaban J connectivity index is 1.29. The molecule has 0 spiro atoms. The second kappa shape index (κ2) is 6.37. The number of rotatable bonds is 5. The molecular weight excluding hydrogens is 296 g/mol. The quantitative estimate of drug-likeness (QED) is 0.816. The van der Waals surface area contributed by atoms with Gasteiger partial charge in [0.25, 0.3) is 0 Å². The lowest BCUT2D eigenvalue weighted by Crippen LogP contribution is -2.30. The third-order valence-electron chi connectivity index (χ3n) is 4.39. The first-order valence-corrected chi connectivity index (χ1v) is 8.32. The highest BCUT2D eigenvalue weighted by Gasteiger charge is 2.30. The first-order chi connectivity index (χ1) is 11.3. The molecule has 8 nitrogen and oxygen atoms in total. The van der Waals surface area contributed by atoms with Crippen LogP contribution in [0.2, 0.25) is 0 Å². The maximum atomic E-state index is 5.34. The summed E-state index contributed by atoms with van der Waals surface area (Å²) in [7, 11) is 0. The largest absolute Gasteiger partial charge is 0.339 e. The Morgan fingerprint density at radius 2 is 1.74 bits per heavy atom. The second-order valence-corrected chi connectivity index (χ2v) is 6.46.